The fraction of sp³-hybridized carbons (Fsp3) is 0.0833. The maximum Gasteiger partial charge on any atom is 0.230 e. The zero-order valence-electron chi connectivity index (χ0n) is 16.4. The first-order valence-corrected chi connectivity index (χ1v) is 9.73. The molecule has 0 aliphatic rings. The largest absolute Gasteiger partial charge is 0.438 e. The summed E-state index contributed by atoms with van der Waals surface area (Å²) in [5.41, 5.74) is 4.25. The quantitative estimate of drug-likeness (QED) is 0.384. The molecular formula is C24H16FN5O. The van der Waals surface area contributed by atoms with E-state index in [9.17, 15) is 4.39 Å². The first kappa shape index (κ1) is 18.7. The molecule has 0 bridgehead atoms. The Hall–Kier alpha value is -4.31. The van der Waals surface area contributed by atoms with Crippen LogP contribution in [0.3, 0.4) is 0 Å². The number of nitriles is 1. The number of aryl methyl sites for hydroxylation is 1. The van der Waals surface area contributed by atoms with Crippen LogP contribution in [-0.4, -0.2) is 19.7 Å². The molecule has 0 saturated heterocycles. The van der Waals surface area contributed by atoms with Crippen molar-refractivity contribution in [3.05, 3.63) is 79.0 Å². The lowest BCUT2D eigenvalue weighted by Crippen LogP contribution is -1.97. The Morgan fingerprint density at radius 3 is 2.55 bits per heavy atom. The molecule has 0 saturated carbocycles. The number of halogens is 1. The molecule has 2 aromatic carbocycles. The number of hydrogen-bond acceptors (Lipinski definition) is 5. The Morgan fingerprint density at radius 2 is 1.77 bits per heavy atom. The van der Waals surface area contributed by atoms with Crippen LogP contribution in [0.1, 0.15) is 6.42 Å². The van der Waals surface area contributed by atoms with Crippen LogP contribution >= 0.6 is 0 Å². The molecule has 150 valence electrons. The number of fused-ring (bicyclic) bond motifs is 1. The fourth-order valence-electron chi connectivity index (χ4n) is 3.51. The second kappa shape index (κ2) is 7.84. The number of rotatable bonds is 5. The summed E-state index contributed by atoms with van der Waals surface area (Å²) in [6.45, 7) is 0.444. The van der Waals surface area contributed by atoms with E-state index in [2.05, 4.69) is 21.1 Å². The van der Waals surface area contributed by atoms with Crippen LogP contribution in [0.25, 0.3) is 44.9 Å². The van der Waals surface area contributed by atoms with E-state index in [0.29, 0.717) is 35.8 Å². The predicted octanol–water partition coefficient (Wildman–Crippen LogP) is 5.47. The van der Waals surface area contributed by atoms with E-state index in [1.54, 1.807) is 16.8 Å². The zero-order chi connectivity index (χ0) is 21.2. The van der Waals surface area contributed by atoms with E-state index in [1.165, 1.54) is 18.5 Å². The van der Waals surface area contributed by atoms with Gasteiger partial charge in [0.1, 0.15) is 23.6 Å². The van der Waals surface area contributed by atoms with Crippen molar-refractivity contribution in [2.24, 2.45) is 0 Å². The van der Waals surface area contributed by atoms with Gasteiger partial charge in [0, 0.05) is 22.9 Å². The number of benzene rings is 2. The second-order valence-electron chi connectivity index (χ2n) is 6.99. The third kappa shape index (κ3) is 3.55. The lowest BCUT2D eigenvalue weighted by atomic mass is 10.0. The summed E-state index contributed by atoms with van der Waals surface area (Å²) in [4.78, 5) is 8.80. The van der Waals surface area contributed by atoms with Gasteiger partial charge in [0.2, 0.25) is 5.71 Å². The lowest BCUT2D eigenvalue weighted by Gasteiger charge is -2.03. The normalized spacial score (nSPS) is 11.0. The number of aromatic nitrogens is 4. The molecule has 0 N–H and O–H groups in total. The van der Waals surface area contributed by atoms with Gasteiger partial charge in [-0.2, -0.15) is 10.4 Å². The van der Waals surface area contributed by atoms with Gasteiger partial charge in [-0.15, -0.1) is 0 Å². The van der Waals surface area contributed by atoms with E-state index >= 15 is 0 Å². The average molecular weight is 409 g/mol. The van der Waals surface area contributed by atoms with Gasteiger partial charge in [-0.1, -0.05) is 30.3 Å². The van der Waals surface area contributed by atoms with Crippen LogP contribution in [-0.2, 0) is 6.54 Å². The third-order valence-electron chi connectivity index (χ3n) is 4.97. The Morgan fingerprint density at radius 1 is 0.968 bits per heavy atom. The van der Waals surface area contributed by atoms with Gasteiger partial charge in [0.25, 0.3) is 0 Å². The Balaban J connectivity index is 1.68. The van der Waals surface area contributed by atoms with Crippen molar-refractivity contribution in [2.45, 2.75) is 13.0 Å². The number of nitrogens with zero attached hydrogens (tertiary/aromatic N) is 5. The van der Waals surface area contributed by atoms with E-state index in [1.807, 2.05) is 42.6 Å². The van der Waals surface area contributed by atoms with Gasteiger partial charge in [-0.3, -0.25) is 4.68 Å². The molecule has 0 spiro atoms. The molecule has 0 fully saturated rings. The van der Waals surface area contributed by atoms with Crippen LogP contribution in [0.5, 0.6) is 0 Å². The highest BCUT2D eigenvalue weighted by Crippen LogP contribution is 2.36. The Labute approximate surface area is 177 Å². The minimum Gasteiger partial charge on any atom is -0.438 e. The van der Waals surface area contributed by atoms with Crippen LogP contribution in [0.15, 0.2) is 77.6 Å². The average Bonchev–Trinajstić information content (AvgIpc) is 3.43. The summed E-state index contributed by atoms with van der Waals surface area (Å²) in [6, 6.07) is 20.0. The van der Waals surface area contributed by atoms with E-state index < -0.39 is 0 Å². The first-order chi connectivity index (χ1) is 15.2. The highest BCUT2D eigenvalue weighted by molar-refractivity contribution is 5.95. The van der Waals surface area contributed by atoms with E-state index in [-0.39, 0.29) is 5.82 Å². The summed E-state index contributed by atoms with van der Waals surface area (Å²) >= 11 is 0. The standard InChI is InChI=1S/C24H16FN5O/c25-18-9-7-17(8-10-18)22-20(14-30(29-22)12-4-11-26)23-19-13-21(16-5-2-1-3-6-16)31-24(19)28-15-27-23/h1-3,5-10,13-15H,4,12H2. The van der Waals surface area contributed by atoms with Crippen molar-refractivity contribution in [1.82, 2.24) is 19.7 Å². The summed E-state index contributed by atoms with van der Waals surface area (Å²) in [5.74, 6) is 0.374. The van der Waals surface area contributed by atoms with Crippen molar-refractivity contribution >= 4 is 11.1 Å². The van der Waals surface area contributed by atoms with E-state index in [0.717, 1.165) is 22.1 Å². The lowest BCUT2D eigenvalue weighted by molar-refractivity contribution is 0.617. The van der Waals surface area contributed by atoms with Gasteiger partial charge in [0.05, 0.1) is 30.1 Å². The molecule has 5 aromatic rings. The summed E-state index contributed by atoms with van der Waals surface area (Å²) in [6.07, 6.45) is 3.64. The summed E-state index contributed by atoms with van der Waals surface area (Å²) < 4.78 is 21.2. The molecule has 3 aromatic heterocycles. The van der Waals surface area contributed by atoms with Crippen LogP contribution < -0.4 is 0 Å². The Bertz CT molecular complexity index is 1400. The minimum absolute atomic E-state index is 0.319. The van der Waals surface area contributed by atoms with Crippen LogP contribution in [0.2, 0.25) is 0 Å². The zero-order valence-corrected chi connectivity index (χ0v) is 16.4. The maximum atomic E-state index is 13.5. The van der Waals surface area contributed by atoms with Gasteiger partial charge >= 0.3 is 0 Å². The number of hydrogen-bond donors (Lipinski definition) is 0. The molecular weight excluding hydrogens is 393 g/mol. The number of furan rings is 1. The molecule has 0 aliphatic carbocycles. The molecule has 0 amide bonds. The molecule has 0 atom stereocenters. The van der Waals surface area contributed by atoms with E-state index in [4.69, 9.17) is 9.68 Å². The molecule has 31 heavy (non-hydrogen) atoms. The van der Waals surface area contributed by atoms with Crippen molar-refractivity contribution in [1.29, 1.82) is 5.26 Å². The van der Waals surface area contributed by atoms with Crippen molar-refractivity contribution in [3.8, 4) is 39.9 Å². The highest BCUT2D eigenvalue weighted by Gasteiger charge is 2.19. The molecule has 7 heteroatoms. The van der Waals surface area contributed by atoms with Crippen molar-refractivity contribution in [2.75, 3.05) is 0 Å². The highest BCUT2D eigenvalue weighted by atomic mass is 19.1. The maximum absolute atomic E-state index is 13.5. The summed E-state index contributed by atoms with van der Waals surface area (Å²) in [7, 11) is 0. The molecule has 6 nitrogen and oxygen atoms in total. The SMILES string of the molecule is N#CCCn1cc(-c2ncnc3oc(-c4ccccc4)cc23)c(-c2ccc(F)cc2)n1. The van der Waals surface area contributed by atoms with Crippen molar-refractivity contribution in [3.63, 3.8) is 0 Å². The monoisotopic (exact) mass is 409 g/mol. The van der Waals surface area contributed by atoms with Crippen molar-refractivity contribution < 1.29 is 8.81 Å². The van der Waals surface area contributed by atoms with Gasteiger partial charge < -0.3 is 4.42 Å². The molecule has 5 rings (SSSR count). The van der Waals surface area contributed by atoms with Gasteiger partial charge in [-0.25, -0.2) is 14.4 Å². The molecule has 0 unspecified atom stereocenters. The first-order valence-electron chi connectivity index (χ1n) is 9.73. The van der Waals surface area contributed by atoms with Gasteiger partial charge in [-0.05, 0) is 30.3 Å². The smallest absolute Gasteiger partial charge is 0.230 e. The fourth-order valence-corrected chi connectivity index (χ4v) is 3.51. The van der Waals surface area contributed by atoms with Gasteiger partial charge in [0.15, 0.2) is 0 Å². The molecule has 0 aliphatic heterocycles. The molecule has 0 radical (unpaired) electrons. The minimum atomic E-state index is -0.319. The third-order valence-corrected chi connectivity index (χ3v) is 4.97. The Kier molecular flexibility index (Phi) is 4.73. The second-order valence-corrected chi connectivity index (χ2v) is 6.99. The summed E-state index contributed by atoms with van der Waals surface area (Å²) in [5, 5.41) is 14.4. The van der Waals surface area contributed by atoms with Crippen LogP contribution in [0.4, 0.5) is 4.39 Å². The predicted molar refractivity (Wildman–Crippen MR) is 114 cm³/mol. The van der Waals surface area contributed by atoms with Crippen LogP contribution in [0, 0.1) is 17.1 Å². The molecule has 3 heterocycles. The topological polar surface area (TPSA) is 80.5 Å².